The van der Waals surface area contributed by atoms with Crippen molar-refractivity contribution in [2.24, 2.45) is 0 Å². The first-order valence-corrected chi connectivity index (χ1v) is 8.18. The van der Waals surface area contributed by atoms with Crippen LogP contribution in [-0.4, -0.2) is 47.1 Å². The van der Waals surface area contributed by atoms with Gasteiger partial charge in [0.25, 0.3) is 5.88 Å². The highest BCUT2D eigenvalue weighted by Crippen LogP contribution is 2.19. The number of ether oxygens (including phenoxy) is 2. The second-order valence-corrected chi connectivity index (χ2v) is 5.74. The van der Waals surface area contributed by atoms with E-state index in [0.29, 0.717) is 19.5 Å². The molecule has 1 aliphatic heterocycles. The molecule has 1 saturated heterocycles. The molecule has 1 fully saturated rings. The van der Waals surface area contributed by atoms with Crippen molar-refractivity contribution >= 4 is 12.0 Å². The molecule has 2 aromatic rings. The zero-order valence-electron chi connectivity index (χ0n) is 14.3. The quantitative estimate of drug-likeness (QED) is 0.767. The zero-order valence-corrected chi connectivity index (χ0v) is 14.3. The monoisotopic (exact) mass is 350 g/mol. The molecule has 0 bridgehead atoms. The highest BCUT2D eigenvalue weighted by atomic mass is 16.5. The number of methoxy groups -OCH3 is 1. The van der Waals surface area contributed by atoms with Gasteiger partial charge in [-0.25, -0.2) is 9.97 Å². The summed E-state index contributed by atoms with van der Waals surface area (Å²) in [6, 6.07) is 9.41. The van der Waals surface area contributed by atoms with E-state index in [2.05, 4.69) is 9.97 Å². The molecular weight excluding hydrogens is 332 g/mol. The van der Waals surface area contributed by atoms with Crippen LogP contribution in [0.3, 0.4) is 0 Å². The predicted octanol–water partition coefficient (Wildman–Crippen LogP) is 2.05. The number of nitriles is 1. The van der Waals surface area contributed by atoms with Gasteiger partial charge in [-0.3, -0.25) is 4.79 Å². The third-order valence-corrected chi connectivity index (χ3v) is 4.04. The second kappa shape index (κ2) is 8.12. The smallest absolute Gasteiger partial charge is 0.251 e. The first kappa shape index (κ1) is 17.4. The zero-order chi connectivity index (χ0) is 18.4. The lowest BCUT2D eigenvalue weighted by atomic mass is 10.2. The number of rotatable bonds is 5. The Labute approximate surface area is 151 Å². The molecule has 0 spiro atoms. The van der Waals surface area contributed by atoms with Crippen LogP contribution in [0.5, 0.6) is 11.6 Å². The lowest BCUT2D eigenvalue weighted by Gasteiger charge is -2.15. The van der Waals surface area contributed by atoms with E-state index in [1.807, 2.05) is 30.3 Å². The molecule has 1 aromatic heterocycles. The van der Waals surface area contributed by atoms with Crippen LogP contribution < -0.4 is 9.47 Å². The number of likely N-dealkylation sites (tertiary alicyclic amines) is 1. The Morgan fingerprint density at radius 1 is 1.31 bits per heavy atom. The van der Waals surface area contributed by atoms with Crippen molar-refractivity contribution < 1.29 is 14.3 Å². The summed E-state index contributed by atoms with van der Waals surface area (Å²) in [5.74, 6) is 0.906. The van der Waals surface area contributed by atoms with E-state index < -0.39 is 0 Å². The molecule has 1 aromatic carbocycles. The molecule has 1 aliphatic rings. The normalized spacial score (nSPS) is 16.5. The van der Waals surface area contributed by atoms with Gasteiger partial charge in [-0.2, -0.15) is 5.26 Å². The number of aromatic nitrogens is 2. The Hall–Kier alpha value is -3.40. The molecule has 26 heavy (non-hydrogen) atoms. The van der Waals surface area contributed by atoms with E-state index in [4.69, 9.17) is 14.7 Å². The minimum Gasteiger partial charge on any atom is -0.497 e. The fourth-order valence-corrected chi connectivity index (χ4v) is 2.66. The molecule has 0 radical (unpaired) electrons. The van der Waals surface area contributed by atoms with Crippen LogP contribution in [0.25, 0.3) is 6.08 Å². The summed E-state index contributed by atoms with van der Waals surface area (Å²) in [7, 11) is 1.61. The van der Waals surface area contributed by atoms with Gasteiger partial charge in [0.1, 0.15) is 17.9 Å². The molecule has 7 heteroatoms. The lowest BCUT2D eigenvalue weighted by Crippen LogP contribution is -2.29. The highest BCUT2D eigenvalue weighted by Gasteiger charge is 2.27. The van der Waals surface area contributed by atoms with Crippen LogP contribution in [0.1, 0.15) is 17.7 Å². The number of benzene rings is 1. The molecule has 0 saturated carbocycles. The van der Waals surface area contributed by atoms with Gasteiger partial charge >= 0.3 is 0 Å². The topological polar surface area (TPSA) is 88.3 Å². The minimum atomic E-state index is -0.197. The molecule has 0 aliphatic carbocycles. The number of nitrogens with zero attached hydrogens (tertiary/aromatic N) is 4. The average Bonchev–Trinajstić information content (AvgIpc) is 3.15. The SMILES string of the molecule is COc1ccc(C=CC(=O)N2CCC(Oc3nccnc3C#N)C2)cc1. The maximum atomic E-state index is 12.3. The largest absolute Gasteiger partial charge is 0.497 e. The van der Waals surface area contributed by atoms with Crippen LogP contribution >= 0.6 is 0 Å². The van der Waals surface area contributed by atoms with Crippen LogP contribution in [0.15, 0.2) is 42.7 Å². The van der Waals surface area contributed by atoms with Crippen LogP contribution in [0.2, 0.25) is 0 Å². The Bertz CT molecular complexity index is 843. The third-order valence-electron chi connectivity index (χ3n) is 4.04. The number of carbonyl (C=O) groups excluding carboxylic acids is 1. The lowest BCUT2D eigenvalue weighted by molar-refractivity contribution is -0.125. The minimum absolute atomic E-state index is 0.0772. The number of carbonyl (C=O) groups is 1. The fraction of sp³-hybridized carbons (Fsp3) is 0.263. The van der Waals surface area contributed by atoms with Gasteiger partial charge in [0.15, 0.2) is 0 Å². The standard InChI is InChI=1S/C19H18N4O3/c1-25-15-5-2-14(3-6-15)4-7-18(24)23-11-8-16(13-23)26-19-17(12-20)21-9-10-22-19/h2-7,9-10,16H,8,11,13H2,1H3. The summed E-state index contributed by atoms with van der Waals surface area (Å²) >= 11 is 0. The Balaban J connectivity index is 1.56. The highest BCUT2D eigenvalue weighted by molar-refractivity contribution is 5.92. The van der Waals surface area contributed by atoms with Gasteiger partial charge in [-0.1, -0.05) is 12.1 Å². The number of amides is 1. The van der Waals surface area contributed by atoms with Gasteiger partial charge in [-0.15, -0.1) is 0 Å². The Kier molecular flexibility index (Phi) is 5.44. The van der Waals surface area contributed by atoms with Gasteiger partial charge in [0.05, 0.1) is 13.7 Å². The Morgan fingerprint density at radius 3 is 2.81 bits per heavy atom. The molecule has 3 rings (SSSR count). The van der Waals surface area contributed by atoms with E-state index in [9.17, 15) is 4.79 Å². The molecule has 7 nitrogen and oxygen atoms in total. The predicted molar refractivity (Wildman–Crippen MR) is 94.4 cm³/mol. The van der Waals surface area contributed by atoms with Crippen molar-refractivity contribution in [3.05, 3.63) is 54.0 Å². The summed E-state index contributed by atoms with van der Waals surface area (Å²) in [6.45, 7) is 1.05. The molecule has 2 heterocycles. The molecule has 0 N–H and O–H groups in total. The van der Waals surface area contributed by atoms with E-state index in [1.165, 1.54) is 12.4 Å². The van der Waals surface area contributed by atoms with Crippen LogP contribution in [-0.2, 0) is 4.79 Å². The van der Waals surface area contributed by atoms with Gasteiger partial charge < -0.3 is 14.4 Å². The second-order valence-electron chi connectivity index (χ2n) is 5.74. The van der Waals surface area contributed by atoms with E-state index in [1.54, 1.807) is 24.2 Å². The maximum absolute atomic E-state index is 12.3. The first-order chi connectivity index (χ1) is 12.7. The van der Waals surface area contributed by atoms with Crippen molar-refractivity contribution in [2.75, 3.05) is 20.2 Å². The van der Waals surface area contributed by atoms with Gasteiger partial charge in [0, 0.05) is 31.4 Å². The first-order valence-electron chi connectivity index (χ1n) is 8.18. The van der Waals surface area contributed by atoms with Crippen molar-refractivity contribution in [1.29, 1.82) is 5.26 Å². The summed E-state index contributed by atoms with van der Waals surface area (Å²) in [4.78, 5) is 22.0. The van der Waals surface area contributed by atoms with Gasteiger partial charge in [0.2, 0.25) is 11.6 Å². The van der Waals surface area contributed by atoms with E-state index in [0.717, 1.165) is 11.3 Å². The van der Waals surface area contributed by atoms with Crippen molar-refractivity contribution in [2.45, 2.75) is 12.5 Å². The summed E-state index contributed by atoms with van der Waals surface area (Å²) in [6.07, 6.45) is 6.73. The molecular formula is C19H18N4O3. The van der Waals surface area contributed by atoms with Crippen LogP contribution in [0.4, 0.5) is 0 Å². The van der Waals surface area contributed by atoms with Crippen LogP contribution in [0, 0.1) is 11.3 Å². The Morgan fingerprint density at radius 2 is 2.08 bits per heavy atom. The van der Waals surface area contributed by atoms with Crippen molar-refractivity contribution in [3.63, 3.8) is 0 Å². The maximum Gasteiger partial charge on any atom is 0.251 e. The summed E-state index contributed by atoms with van der Waals surface area (Å²) in [5, 5.41) is 9.03. The number of hydrogen-bond acceptors (Lipinski definition) is 6. The molecule has 1 amide bonds. The fourth-order valence-electron chi connectivity index (χ4n) is 2.66. The molecule has 1 atom stereocenters. The molecule has 1 unspecified atom stereocenters. The van der Waals surface area contributed by atoms with Gasteiger partial charge in [-0.05, 0) is 23.8 Å². The van der Waals surface area contributed by atoms with Crippen molar-refractivity contribution in [1.82, 2.24) is 14.9 Å². The summed E-state index contributed by atoms with van der Waals surface area (Å²) < 4.78 is 10.8. The van der Waals surface area contributed by atoms with E-state index >= 15 is 0 Å². The van der Waals surface area contributed by atoms with E-state index in [-0.39, 0.29) is 23.6 Å². The number of hydrogen-bond donors (Lipinski definition) is 0. The average molecular weight is 350 g/mol. The molecule has 132 valence electrons. The van der Waals surface area contributed by atoms with Crippen molar-refractivity contribution in [3.8, 4) is 17.7 Å². The third kappa shape index (κ3) is 4.16. The summed E-state index contributed by atoms with van der Waals surface area (Å²) in [5.41, 5.74) is 1.07.